The van der Waals surface area contributed by atoms with Crippen molar-refractivity contribution >= 4 is 34.9 Å². The molecule has 2 heterocycles. The lowest BCUT2D eigenvalue weighted by Gasteiger charge is -2.20. The second-order valence-electron chi connectivity index (χ2n) is 6.99. The quantitative estimate of drug-likeness (QED) is 0.350. The van der Waals surface area contributed by atoms with Crippen LogP contribution in [-0.4, -0.2) is 43.3 Å². The van der Waals surface area contributed by atoms with E-state index in [0.29, 0.717) is 28.0 Å². The maximum absolute atomic E-state index is 12.7. The number of carbonyl (C=O) groups is 1. The molecule has 9 heteroatoms. The van der Waals surface area contributed by atoms with E-state index in [9.17, 15) is 9.59 Å². The van der Waals surface area contributed by atoms with Gasteiger partial charge in [-0.15, -0.1) is 5.10 Å². The van der Waals surface area contributed by atoms with E-state index in [1.165, 1.54) is 11.7 Å². The van der Waals surface area contributed by atoms with Crippen molar-refractivity contribution in [3.8, 4) is 0 Å². The molecule has 4 rings (SSSR count). The summed E-state index contributed by atoms with van der Waals surface area (Å²) in [7, 11) is 3.04. The first-order chi connectivity index (χ1) is 14.5. The Morgan fingerprint density at radius 2 is 1.83 bits per heavy atom. The summed E-state index contributed by atoms with van der Waals surface area (Å²) < 4.78 is 10.2. The Labute approximate surface area is 177 Å². The lowest BCUT2D eigenvalue weighted by atomic mass is 10.2. The highest BCUT2D eigenvalue weighted by atomic mass is 32.1. The molecule has 0 saturated carbocycles. The normalized spacial score (nSPS) is 11.4. The van der Waals surface area contributed by atoms with Gasteiger partial charge in [0.05, 0.1) is 31.2 Å². The highest BCUT2D eigenvalue weighted by molar-refractivity contribution is 7.71. The van der Waals surface area contributed by atoms with Crippen LogP contribution in [0.4, 0.5) is 0 Å². The Bertz CT molecular complexity index is 1340. The van der Waals surface area contributed by atoms with Crippen molar-refractivity contribution in [2.24, 2.45) is 7.05 Å². The first-order valence-electron chi connectivity index (χ1n) is 9.40. The Morgan fingerprint density at radius 3 is 2.57 bits per heavy atom. The zero-order chi connectivity index (χ0) is 21.3. The molecule has 0 radical (unpaired) electrons. The van der Waals surface area contributed by atoms with Crippen molar-refractivity contribution in [3.05, 3.63) is 75.3 Å². The smallest absolute Gasteiger partial charge is 0.319 e. The van der Waals surface area contributed by atoms with E-state index >= 15 is 0 Å². The summed E-state index contributed by atoms with van der Waals surface area (Å²) >= 11 is 5.69. The number of rotatable bonds is 6. The molecule has 0 aliphatic rings. The first-order valence-corrected chi connectivity index (χ1v) is 9.81. The van der Waals surface area contributed by atoms with Gasteiger partial charge < -0.3 is 4.74 Å². The molecule has 0 aliphatic heterocycles. The van der Waals surface area contributed by atoms with Gasteiger partial charge in [-0.1, -0.05) is 42.5 Å². The predicted octanol–water partition coefficient (Wildman–Crippen LogP) is 2.35. The molecular weight excluding hydrogens is 402 g/mol. The minimum atomic E-state index is -0.348. The molecule has 4 aromatic rings. The van der Waals surface area contributed by atoms with E-state index in [1.807, 2.05) is 53.4 Å². The minimum Gasteiger partial charge on any atom is -0.468 e. The Morgan fingerprint density at radius 1 is 1.13 bits per heavy atom. The first kappa shape index (κ1) is 20.0. The van der Waals surface area contributed by atoms with Gasteiger partial charge in [0.1, 0.15) is 0 Å². The van der Waals surface area contributed by atoms with Crippen LogP contribution in [0.1, 0.15) is 5.56 Å². The van der Waals surface area contributed by atoms with Gasteiger partial charge >= 0.3 is 5.97 Å². The summed E-state index contributed by atoms with van der Waals surface area (Å²) in [5.74, 6) is 0.0977. The molecule has 8 nitrogen and oxygen atoms in total. The Hall–Kier alpha value is -3.30. The fourth-order valence-electron chi connectivity index (χ4n) is 3.47. The standard InChI is InChI=1S/C21H21N5O3S/c1-23-19(28)16-10-6-7-11-17(16)26-20(23)22-25(21(26)30)14-24(13-18(27)29-2)12-15-8-4-3-5-9-15/h3-11H,12-14H2,1-2H3. The van der Waals surface area contributed by atoms with Gasteiger partial charge in [-0.2, -0.15) is 0 Å². The summed E-state index contributed by atoms with van der Waals surface area (Å²) in [5, 5.41) is 5.15. The molecule has 0 unspecified atom stereocenters. The number of fused-ring (bicyclic) bond motifs is 3. The van der Waals surface area contributed by atoms with Gasteiger partial charge in [-0.3, -0.25) is 23.5 Å². The molecule has 0 saturated heterocycles. The molecule has 0 amide bonds. The highest BCUT2D eigenvalue weighted by Crippen LogP contribution is 2.14. The minimum absolute atomic E-state index is 0.0840. The Kier molecular flexibility index (Phi) is 5.47. The molecule has 0 bridgehead atoms. The Balaban J connectivity index is 1.79. The van der Waals surface area contributed by atoms with Crippen LogP contribution in [0.5, 0.6) is 0 Å². The topological polar surface area (TPSA) is 73.8 Å². The number of hydrogen-bond acceptors (Lipinski definition) is 6. The molecule has 0 atom stereocenters. The van der Waals surface area contributed by atoms with E-state index in [2.05, 4.69) is 5.10 Å². The van der Waals surface area contributed by atoms with E-state index in [-0.39, 0.29) is 24.7 Å². The zero-order valence-electron chi connectivity index (χ0n) is 16.7. The van der Waals surface area contributed by atoms with Gasteiger partial charge in [0.2, 0.25) is 10.5 Å². The predicted molar refractivity (Wildman–Crippen MR) is 116 cm³/mol. The molecule has 2 aromatic carbocycles. The number of carbonyl (C=O) groups excluding carboxylic acids is 1. The molecule has 0 aliphatic carbocycles. The maximum Gasteiger partial charge on any atom is 0.319 e. The average molecular weight is 423 g/mol. The van der Waals surface area contributed by atoms with Crippen LogP contribution >= 0.6 is 12.2 Å². The van der Waals surface area contributed by atoms with Crippen molar-refractivity contribution in [3.63, 3.8) is 0 Å². The largest absolute Gasteiger partial charge is 0.468 e. The summed E-state index contributed by atoms with van der Waals surface area (Å²) in [6.07, 6.45) is 0. The number of aromatic nitrogens is 4. The summed E-state index contributed by atoms with van der Waals surface area (Å²) in [6, 6.07) is 17.1. The van der Waals surface area contributed by atoms with Gasteiger partial charge in [0.15, 0.2) is 0 Å². The number of aryl methyl sites for hydroxylation is 1. The average Bonchev–Trinajstić information content (AvgIpc) is 3.09. The number of para-hydroxylation sites is 1. The van der Waals surface area contributed by atoms with E-state index in [1.54, 1.807) is 22.2 Å². The number of nitrogens with zero attached hydrogens (tertiary/aromatic N) is 5. The third kappa shape index (κ3) is 3.64. The monoisotopic (exact) mass is 423 g/mol. The van der Waals surface area contributed by atoms with Crippen molar-refractivity contribution in [2.45, 2.75) is 13.2 Å². The number of ether oxygens (including phenoxy) is 1. The van der Waals surface area contributed by atoms with Crippen molar-refractivity contribution in [1.29, 1.82) is 0 Å². The van der Waals surface area contributed by atoms with E-state index in [4.69, 9.17) is 17.0 Å². The van der Waals surface area contributed by atoms with Gasteiger partial charge in [-0.05, 0) is 29.9 Å². The third-order valence-corrected chi connectivity index (χ3v) is 5.36. The van der Waals surface area contributed by atoms with Gasteiger partial charge in [0, 0.05) is 13.6 Å². The van der Waals surface area contributed by atoms with Crippen LogP contribution in [0.15, 0.2) is 59.4 Å². The lowest BCUT2D eigenvalue weighted by molar-refractivity contribution is -0.142. The van der Waals surface area contributed by atoms with Crippen molar-refractivity contribution in [1.82, 2.24) is 23.6 Å². The van der Waals surface area contributed by atoms with Crippen LogP contribution in [0, 0.1) is 4.77 Å². The van der Waals surface area contributed by atoms with E-state index in [0.717, 1.165) is 5.56 Å². The number of hydrogen-bond donors (Lipinski definition) is 0. The molecule has 0 N–H and O–H groups in total. The van der Waals surface area contributed by atoms with Crippen LogP contribution in [-0.2, 0) is 29.8 Å². The number of esters is 1. The molecular formula is C21H21N5O3S. The molecule has 0 spiro atoms. The maximum atomic E-state index is 12.7. The zero-order valence-corrected chi connectivity index (χ0v) is 17.5. The number of benzene rings is 2. The SMILES string of the molecule is COC(=O)CN(Cc1ccccc1)Cn1nc2n(C)c(=O)c3ccccc3n2c1=S. The van der Waals surface area contributed by atoms with Crippen LogP contribution < -0.4 is 5.56 Å². The van der Waals surface area contributed by atoms with Crippen LogP contribution in [0.3, 0.4) is 0 Å². The van der Waals surface area contributed by atoms with Crippen LogP contribution in [0.2, 0.25) is 0 Å². The van der Waals surface area contributed by atoms with Crippen LogP contribution in [0.25, 0.3) is 16.7 Å². The molecule has 154 valence electrons. The second-order valence-corrected chi connectivity index (χ2v) is 7.35. The van der Waals surface area contributed by atoms with Gasteiger partial charge in [-0.25, -0.2) is 4.68 Å². The molecule has 2 aromatic heterocycles. The lowest BCUT2D eigenvalue weighted by Crippen LogP contribution is -2.32. The number of methoxy groups -OCH3 is 1. The fourth-order valence-corrected chi connectivity index (χ4v) is 3.75. The van der Waals surface area contributed by atoms with Crippen molar-refractivity contribution in [2.75, 3.05) is 13.7 Å². The second kappa shape index (κ2) is 8.21. The molecule has 30 heavy (non-hydrogen) atoms. The highest BCUT2D eigenvalue weighted by Gasteiger charge is 2.17. The summed E-state index contributed by atoms with van der Waals surface area (Å²) in [4.78, 5) is 26.6. The fraction of sp³-hybridized carbons (Fsp3) is 0.238. The molecule has 0 fully saturated rings. The van der Waals surface area contributed by atoms with Gasteiger partial charge in [0.25, 0.3) is 5.56 Å². The third-order valence-electron chi connectivity index (χ3n) is 4.97. The van der Waals surface area contributed by atoms with E-state index < -0.39 is 0 Å². The van der Waals surface area contributed by atoms with Crippen molar-refractivity contribution < 1.29 is 9.53 Å². The summed E-state index contributed by atoms with van der Waals surface area (Å²) in [6.45, 7) is 0.874. The summed E-state index contributed by atoms with van der Waals surface area (Å²) in [5.41, 5.74) is 1.62.